The molecule has 2 aromatic rings. The standard InChI is InChI=1S/C19H22N4O3/c24-16(10-13-6-4-5-7-13)20-19-22-21-18(26-19)14-11-17(25)23(12-14)15-8-2-1-3-9-15/h1-3,8-9,13-14H,4-7,10-12H2,(H,20,22,24). The number of carbonyl (C=O) groups excluding carboxylic acids is 2. The van der Waals surface area contributed by atoms with Gasteiger partial charge in [0.15, 0.2) is 0 Å². The van der Waals surface area contributed by atoms with Crippen molar-refractivity contribution in [3.63, 3.8) is 0 Å². The van der Waals surface area contributed by atoms with Crippen molar-refractivity contribution in [1.82, 2.24) is 10.2 Å². The van der Waals surface area contributed by atoms with E-state index >= 15 is 0 Å². The fourth-order valence-corrected chi connectivity index (χ4v) is 3.83. The molecule has 2 heterocycles. The summed E-state index contributed by atoms with van der Waals surface area (Å²) >= 11 is 0. The van der Waals surface area contributed by atoms with Gasteiger partial charge in [-0.15, -0.1) is 5.10 Å². The monoisotopic (exact) mass is 354 g/mol. The number of aromatic nitrogens is 2. The Hall–Kier alpha value is -2.70. The van der Waals surface area contributed by atoms with E-state index in [1.54, 1.807) is 4.90 Å². The molecule has 2 amide bonds. The maximum Gasteiger partial charge on any atom is 0.322 e. The first-order valence-corrected chi connectivity index (χ1v) is 9.17. The van der Waals surface area contributed by atoms with Gasteiger partial charge in [0.2, 0.25) is 17.7 Å². The summed E-state index contributed by atoms with van der Waals surface area (Å²) in [7, 11) is 0. The molecule has 2 fully saturated rings. The summed E-state index contributed by atoms with van der Waals surface area (Å²) in [6.07, 6.45) is 5.46. The first-order valence-electron chi connectivity index (χ1n) is 9.17. The van der Waals surface area contributed by atoms with E-state index in [2.05, 4.69) is 15.5 Å². The van der Waals surface area contributed by atoms with E-state index in [1.165, 1.54) is 12.8 Å². The molecule has 136 valence electrons. The van der Waals surface area contributed by atoms with Crippen LogP contribution in [0.2, 0.25) is 0 Å². The van der Waals surface area contributed by atoms with Crippen molar-refractivity contribution in [2.75, 3.05) is 16.8 Å². The van der Waals surface area contributed by atoms with E-state index in [9.17, 15) is 9.59 Å². The maximum atomic E-state index is 12.3. The van der Waals surface area contributed by atoms with Crippen LogP contribution in [-0.4, -0.2) is 28.6 Å². The SMILES string of the molecule is O=C(CC1CCCC1)Nc1nnc(C2CC(=O)N(c3ccccc3)C2)o1. The van der Waals surface area contributed by atoms with Crippen molar-refractivity contribution in [2.24, 2.45) is 5.92 Å². The van der Waals surface area contributed by atoms with Gasteiger partial charge in [-0.1, -0.05) is 36.1 Å². The molecule has 1 N–H and O–H groups in total. The molecule has 1 saturated heterocycles. The number of para-hydroxylation sites is 1. The lowest BCUT2D eigenvalue weighted by Crippen LogP contribution is -2.24. The summed E-state index contributed by atoms with van der Waals surface area (Å²) < 4.78 is 5.60. The Bertz CT molecular complexity index is 783. The Morgan fingerprint density at radius 1 is 1.19 bits per heavy atom. The van der Waals surface area contributed by atoms with Gasteiger partial charge in [-0.3, -0.25) is 14.9 Å². The van der Waals surface area contributed by atoms with Crippen molar-refractivity contribution >= 4 is 23.5 Å². The van der Waals surface area contributed by atoms with E-state index in [4.69, 9.17) is 4.42 Å². The zero-order valence-electron chi connectivity index (χ0n) is 14.6. The van der Waals surface area contributed by atoms with Gasteiger partial charge in [-0.05, 0) is 30.9 Å². The Morgan fingerprint density at radius 2 is 1.96 bits per heavy atom. The second-order valence-electron chi connectivity index (χ2n) is 7.09. The third kappa shape index (κ3) is 3.61. The zero-order chi connectivity index (χ0) is 17.9. The molecule has 7 heteroatoms. The van der Waals surface area contributed by atoms with Crippen molar-refractivity contribution in [3.8, 4) is 0 Å². The van der Waals surface area contributed by atoms with Gasteiger partial charge in [0.1, 0.15) is 0 Å². The van der Waals surface area contributed by atoms with Crippen LogP contribution in [0.5, 0.6) is 0 Å². The van der Waals surface area contributed by atoms with Gasteiger partial charge in [0, 0.05) is 25.1 Å². The normalized spacial score (nSPS) is 20.7. The second kappa shape index (κ2) is 7.27. The van der Waals surface area contributed by atoms with Crippen LogP contribution in [0, 0.1) is 5.92 Å². The number of rotatable bonds is 5. The third-order valence-electron chi connectivity index (χ3n) is 5.18. The molecule has 0 spiro atoms. The van der Waals surface area contributed by atoms with Crippen LogP contribution in [0.4, 0.5) is 11.7 Å². The lowest BCUT2D eigenvalue weighted by atomic mass is 10.0. The average molecular weight is 354 g/mol. The van der Waals surface area contributed by atoms with E-state index in [1.807, 2.05) is 30.3 Å². The number of nitrogens with one attached hydrogen (secondary N) is 1. The van der Waals surface area contributed by atoms with Crippen molar-refractivity contribution in [1.29, 1.82) is 0 Å². The largest absolute Gasteiger partial charge is 0.407 e. The summed E-state index contributed by atoms with van der Waals surface area (Å²) in [5.41, 5.74) is 0.865. The Kier molecular flexibility index (Phi) is 4.69. The summed E-state index contributed by atoms with van der Waals surface area (Å²) in [6.45, 7) is 0.500. The Morgan fingerprint density at radius 3 is 2.73 bits per heavy atom. The first-order chi connectivity index (χ1) is 12.7. The Balaban J connectivity index is 1.37. The molecule has 0 radical (unpaired) electrons. The second-order valence-corrected chi connectivity index (χ2v) is 7.09. The van der Waals surface area contributed by atoms with Crippen LogP contribution in [0.3, 0.4) is 0 Å². The van der Waals surface area contributed by atoms with Crippen LogP contribution in [-0.2, 0) is 9.59 Å². The maximum absolute atomic E-state index is 12.3. The highest BCUT2D eigenvalue weighted by molar-refractivity contribution is 5.96. The molecule has 1 saturated carbocycles. The quantitative estimate of drug-likeness (QED) is 0.891. The van der Waals surface area contributed by atoms with Gasteiger partial charge in [0.05, 0.1) is 5.92 Å². The molecule has 1 aliphatic carbocycles. The summed E-state index contributed by atoms with van der Waals surface area (Å²) in [5, 5.41) is 10.6. The molecule has 4 rings (SSSR count). The van der Waals surface area contributed by atoms with Crippen LogP contribution >= 0.6 is 0 Å². The third-order valence-corrected chi connectivity index (χ3v) is 5.18. The van der Waals surface area contributed by atoms with Gasteiger partial charge in [-0.25, -0.2) is 0 Å². The fourth-order valence-electron chi connectivity index (χ4n) is 3.83. The van der Waals surface area contributed by atoms with Gasteiger partial charge in [0.25, 0.3) is 0 Å². The number of hydrogen-bond acceptors (Lipinski definition) is 5. The van der Waals surface area contributed by atoms with Crippen LogP contribution in [0.1, 0.15) is 50.3 Å². The number of amides is 2. The summed E-state index contributed by atoms with van der Waals surface area (Å²) in [5.74, 6) is 0.652. The molecule has 1 aromatic heterocycles. The van der Waals surface area contributed by atoms with Gasteiger partial charge >= 0.3 is 6.01 Å². The number of carbonyl (C=O) groups is 2. The highest BCUT2D eigenvalue weighted by Gasteiger charge is 2.35. The summed E-state index contributed by atoms with van der Waals surface area (Å²) in [4.78, 5) is 26.1. The number of hydrogen-bond donors (Lipinski definition) is 1. The molecule has 2 aliphatic rings. The first kappa shape index (κ1) is 16.8. The minimum Gasteiger partial charge on any atom is -0.407 e. The van der Waals surface area contributed by atoms with Crippen LogP contribution in [0.25, 0.3) is 0 Å². The minimum absolute atomic E-state index is 0.0335. The molecule has 1 atom stereocenters. The van der Waals surface area contributed by atoms with E-state index in [-0.39, 0.29) is 23.7 Å². The highest BCUT2D eigenvalue weighted by atomic mass is 16.4. The predicted octanol–water partition coefficient (Wildman–Crippen LogP) is 3.11. The lowest BCUT2D eigenvalue weighted by molar-refractivity contribution is -0.118. The number of benzene rings is 1. The molecular weight excluding hydrogens is 332 g/mol. The number of anilines is 2. The molecule has 0 bridgehead atoms. The zero-order valence-corrected chi connectivity index (χ0v) is 14.6. The van der Waals surface area contributed by atoms with Crippen molar-refractivity contribution in [3.05, 3.63) is 36.2 Å². The predicted molar refractivity (Wildman–Crippen MR) is 95.7 cm³/mol. The van der Waals surface area contributed by atoms with Gasteiger partial charge < -0.3 is 9.32 Å². The van der Waals surface area contributed by atoms with E-state index in [0.29, 0.717) is 31.2 Å². The fraction of sp³-hybridized carbons (Fsp3) is 0.474. The lowest BCUT2D eigenvalue weighted by Gasteiger charge is -2.15. The average Bonchev–Trinajstić information content (AvgIpc) is 3.37. The van der Waals surface area contributed by atoms with Crippen LogP contribution in [0.15, 0.2) is 34.7 Å². The topological polar surface area (TPSA) is 88.3 Å². The number of nitrogens with zero attached hydrogens (tertiary/aromatic N) is 3. The molecule has 1 aromatic carbocycles. The van der Waals surface area contributed by atoms with E-state index < -0.39 is 0 Å². The molecule has 26 heavy (non-hydrogen) atoms. The van der Waals surface area contributed by atoms with E-state index in [0.717, 1.165) is 18.5 Å². The summed E-state index contributed by atoms with van der Waals surface area (Å²) in [6, 6.07) is 9.65. The van der Waals surface area contributed by atoms with Crippen molar-refractivity contribution in [2.45, 2.75) is 44.4 Å². The van der Waals surface area contributed by atoms with Gasteiger partial charge in [-0.2, -0.15) is 0 Å². The smallest absolute Gasteiger partial charge is 0.322 e. The van der Waals surface area contributed by atoms with Crippen molar-refractivity contribution < 1.29 is 14.0 Å². The highest BCUT2D eigenvalue weighted by Crippen LogP contribution is 2.32. The minimum atomic E-state index is -0.157. The Labute approximate surface area is 151 Å². The molecule has 1 aliphatic heterocycles. The van der Waals surface area contributed by atoms with Crippen LogP contribution < -0.4 is 10.2 Å². The molecule has 7 nitrogen and oxygen atoms in total. The molecule has 1 unspecified atom stereocenters. The molecular formula is C19H22N4O3.